The van der Waals surface area contributed by atoms with Crippen molar-refractivity contribution >= 4 is 35.2 Å². The van der Waals surface area contributed by atoms with Crippen molar-refractivity contribution in [2.24, 2.45) is 0 Å². The Bertz CT molecular complexity index is 860. The third kappa shape index (κ3) is 3.81. The summed E-state index contributed by atoms with van der Waals surface area (Å²) >= 11 is 12.1. The zero-order valence-electron chi connectivity index (χ0n) is 14.0. The van der Waals surface area contributed by atoms with E-state index >= 15 is 0 Å². The van der Waals surface area contributed by atoms with E-state index in [0.29, 0.717) is 34.1 Å². The molecule has 0 bridgehead atoms. The van der Waals surface area contributed by atoms with E-state index in [2.05, 4.69) is 0 Å². The Kier molecular flexibility index (Phi) is 4.79. The first kappa shape index (κ1) is 17.3. The topological polar surface area (TPSA) is 38.8 Å². The van der Waals surface area contributed by atoms with Crippen molar-refractivity contribution < 1.29 is 14.3 Å². The molecule has 0 spiro atoms. The van der Waals surface area contributed by atoms with Crippen LogP contribution < -0.4 is 9.47 Å². The van der Waals surface area contributed by atoms with Crippen LogP contribution in [0.4, 0.5) is 0 Å². The van der Waals surface area contributed by atoms with Crippen molar-refractivity contribution in [1.29, 1.82) is 0 Å². The zero-order valence-corrected chi connectivity index (χ0v) is 15.5. The fraction of sp³-hybridized carbons (Fsp3) is 0.250. The number of hydrogen-bond donors (Lipinski definition) is 0. The van der Waals surface area contributed by atoms with Gasteiger partial charge < -0.3 is 14.4 Å². The van der Waals surface area contributed by atoms with Crippen LogP contribution in [0.3, 0.4) is 0 Å². The summed E-state index contributed by atoms with van der Waals surface area (Å²) in [6.45, 7) is 0.741. The van der Waals surface area contributed by atoms with E-state index in [4.69, 9.17) is 32.7 Å². The van der Waals surface area contributed by atoms with Gasteiger partial charge in [-0.1, -0.05) is 35.3 Å². The molecule has 1 heterocycles. The predicted octanol–water partition coefficient (Wildman–Crippen LogP) is 4.93. The molecule has 2 aromatic carbocycles. The van der Waals surface area contributed by atoms with Crippen molar-refractivity contribution in [1.82, 2.24) is 4.90 Å². The van der Waals surface area contributed by atoms with Gasteiger partial charge in [0.25, 0.3) is 0 Å². The summed E-state index contributed by atoms with van der Waals surface area (Å²) in [5.74, 6) is 1.14. The van der Waals surface area contributed by atoms with Crippen LogP contribution in [0.1, 0.15) is 24.0 Å². The Morgan fingerprint density at radius 1 is 1.15 bits per heavy atom. The summed E-state index contributed by atoms with van der Waals surface area (Å²) in [7, 11) is 0. The average Bonchev–Trinajstić information content (AvgIpc) is 3.36. The smallest absolute Gasteiger partial charge is 0.247 e. The minimum absolute atomic E-state index is 0.0174. The molecule has 1 aliphatic carbocycles. The zero-order chi connectivity index (χ0) is 18.1. The Hall–Kier alpha value is -2.17. The average molecular weight is 390 g/mol. The second-order valence-corrected chi connectivity index (χ2v) is 7.24. The molecule has 26 heavy (non-hydrogen) atoms. The highest BCUT2D eigenvalue weighted by Crippen LogP contribution is 2.40. The molecule has 2 aliphatic rings. The van der Waals surface area contributed by atoms with Crippen LogP contribution >= 0.6 is 23.2 Å². The molecule has 0 atom stereocenters. The van der Waals surface area contributed by atoms with Gasteiger partial charge in [0.05, 0.1) is 5.02 Å². The first-order valence-electron chi connectivity index (χ1n) is 8.42. The van der Waals surface area contributed by atoms with E-state index in [9.17, 15) is 4.79 Å². The van der Waals surface area contributed by atoms with E-state index in [1.807, 2.05) is 35.2 Å². The standard InChI is InChI=1S/C20H17Cl2NO3/c21-15-4-1-13(2-5-15)11-23(16-6-7-16)19(24)8-3-14-9-17(22)20-18(10-14)25-12-26-20/h1-5,8-10,16H,6-7,11-12H2. The van der Waals surface area contributed by atoms with Gasteiger partial charge in [-0.15, -0.1) is 0 Å². The summed E-state index contributed by atoms with van der Waals surface area (Å²) in [5, 5.41) is 1.17. The van der Waals surface area contributed by atoms with Crippen LogP contribution in [0.15, 0.2) is 42.5 Å². The SMILES string of the molecule is O=C(C=Cc1cc(Cl)c2c(c1)OCO2)N(Cc1ccc(Cl)cc1)C1CC1. The van der Waals surface area contributed by atoms with Gasteiger partial charge >= 0.3 is 0 Å². The van der Waals surface area contributed by atoms with Gasteiger partial charge in [-0.2, -0.15) is 0 Å². The van der Waals surface area contributed by atoms with Crippen LogP contribution in [-0.4, -0.2) is 23.6 Å². The number of benzene rings is 2. The molecule has 1 saturated carbocycles. The molecule has 1 aliphatic heterocycles. The van der Waals surface area contributed by atoms with E-state index in [0.717, 1.165) is 24.0 Å². The van der Waals surface area contributed by atoms with Gasteiger partial charge in [0.1, 0.15) is 0 Å². The maximum Gasteiger partial charge on any atom is 0.247 e. The Balaban J connectivity index is 1.49. The lowest BCUT2D eigenvalue weighted by Gasteiger charge is -2.21. The molecule has 0 unspecified atom stereocenters. The number of hydrogen-bond acceptors (Lipinski definition) is 3. The van der Waals surface area contributed by atoms with Gasteiger partial charge in [-0.05, 0) is 54.3 Å². The normalized spacial score (nSPS) is 15.5. The lowest BCUT2D eigenvalue weighted by molar-refractivity contribution is -0.127. The van der Waals surface area contributed by atoms with E-state index < -0.39 is 0 Å². The fourth-order valence-electron chi connectivity index (χ4n) is 2.91. The maximum atomic E-state index is 12.7. The highest BCUT2D eigenvalue weighted by atomic mass is 35.5. The van der Waals surface area contributed by atoms with Crippen molar-refractivity contribution in [2.45, 2.75) is 25.4 Å². The Labute approximate surface area is 161 Å². The number of nitrogens with zero attached hydrogens (tertiary/aromatic N) is 1. The molecular formula is C20H17Cl2NO3. The molecule has 0 radical (unpaired) electrons. The molecule has 4 rings (SSSR count). The van der Waals surface area contributed by atoms with Gasteiger partial charge in [0.15, 0.2) is 11.5 Å². The number of halogens is 2. The maximum absolute atomic E-state index is 12.7. The molecular weight excluding hydrogens is 373 g/mol. The highest BCUT2D eigenvalue weighted by molar-refractivity contribution is 6.32. The lowest BCUT2D eigenvalue weighted by Crippen LogP contribution is -2.31. The van der Waals surface area contributed by atoms with Crippen molar-refractivity contribution in [3.63, 3.8) is 0 Å². The van der Waals surface area contributed by atoms with Gasteiger partial charge in [0, 0.05) is 23.7 Å². The summed E-state index contributed by atoms with van der Waals surface area (Å²) in [6.07, 6.45) is 5.43. The summed E-state index contributed by atoms with van der Waals surface area (Å²) in [6, 6.07) is 11.5. The molecule has 6 heteroatoms. The van der Waals surface area contributed by atoms with Crippen LogP contribution in [0.25, 0.3) is 6.08 Å². The van der Waals surface area contributed by atoms with Crippen LogP contribution in [-0.2, 0) is 11.3 Å². The molecule has 1 fully saturated rings. The quantitative estimate of drug-likeness (QED) is 0.680. The third-order valence-corrected chi connectivity index (χ3v) is 4.94. The monoisotopic (exact) mass is 389 g/mol. The minimum atomic E-state index is -0.0174. The van der Waals surface area contributed by atoms with Crippen LogP contribution in [0, 0.1) is 0 Å². The molecule has 0 saturated heterocycles. The first-order valence-corrected chi connectivity index (χ1v) is 9.18. The molecule has 1 amide bonds. The number of carbonyl (C=O) groups excluding carboxylic acids is 1. The van der Waals surface area contributed by atoms with Crippen LogP contribution in [0.5, 0.6) is 11.5 Å². The van der Waals surface area contributed by atoms with Crippen molar-refractivity contribution in [3.05, 3.63) is 63.6 Å². The molecule has 2 aromatic rings. The van der Waals surface area contributed by atoms with Crippen molar-refractivity contribution in [2.75, 3.05) is 6.79 Å². The Morgan fingerprint density at radius 2 is 1.92 bits per heavy atom. The summed E-state index contributed by atoms with van der Waals surface area (Å²) in [5.41, 5.74) is 1.86. The first-order chi connectivity index (χ1) is 12.6. The predicted molar refractivity (Wildman–Crippen MR) is 102 cm³/mol. The third-order valence-electron chi connectivity index (χ3n) is 4.40. The molecule has 4 nitrogen and oxygen atoms in total. The van der Waals surface area contributed by atoms with E-state index in [1.54, 1.807) is 18.2 Å². The second-order valence-electron chi connectivity index (χ2n) is 6.39. The largest absolute Gasteiger partial charge is 0.454 e. The fourth-order valence-corrected chi connectivity index (χ4v) is 3.31. The van der Waals surface area contributed by atoms with Gasteiger partial charge in [-0.3, -0.25) is 4.79 Å². The highest BCUT2D eigenvalue weighted by Gasteiger charge is 2.31. The number of amides is 1. The lowest BCUT2D eigenvalue weighted by atomic mass is 10.1. The number of fused-ring (bicyclic) bond motifs is 1. The molecule has 0 aromatic heterocycles. The van der Waals surface area contributed by atoms with Gasteiger partial charge in [0.2, 0.25) is 12.7 Å². The van der Waals surface area contributed by atoms with E-state index in [-0.39, 0.29) is 12.7 Å². The number of rotatable bonds is 5. The Morgan fingerprint density at radius 3 is 2.65 bits per heavy atom. The van der Waals surface area contributed by atoms with Crippen LogP contribution in [0.2, 0.25) is 10.0 Å². The summed E-state index contributed by atoms with van der Waals surface area (Å²) in [4.78, 5) is 14.6. The minimum Gasteiger partial charge on any atom is -0.454 e. The summed E-state index contributed by atoms with van der Waals surface area (Å²) < 4.78 is 10.7. The second kappa shape index (κ2) is 7.22. The number of ether oxygens (including phenoxy) is 2. The van der Waals surface area contributed by atoms with Gasteiger partial charge in [-0.25, -0.2) is 0 Å². The number of carbonyl (C=O) groups is 1. The molecule has 0 N–H and O–H groups in total. The van der Waals surface area contributed by atoms with Crippen molar-refractivity contribution in [3.8, 4) is 11.5 Å². The molecule has 134 valence electrons. The van der Waals surface area contributed by atoms with E-state index in [1.165, 1.54) is 0 Å².